The molecule has 0 fully saturated rings. The Morgan fingerprint density at radius 1 is 1.20 bits per heavy atom. The highest BCUT2D eigenvalue weighted by Crippen LogP contribution is 2.29. The number of carbonyl (C=O) groups is 1. The minimum absolute atomic E-state index is 0.0178. The number of alkyl halides is 3. The van der Waals surface area contributed by atoms with Gasteiger partial charge < -0.3 is 10.2 Å². The number of nitrogens with one attached hydrogen (secondary N) is 1. The zero-order valence-electron chi connectivity index (χ0n) is 14.1. The van der Waals surface area contributed by atoms with E-state index >= 15 is 0 Å². The molecule has 2 aromatic rings. The molecule has 0 aliphatic carbocycles. The number of rotatable bonds is 5. The molecule has 25 heavy (non-hydrogen) atoms. The highest BCUT2D eigenvalue weighted by atomic mass is 19.4. The zero-order valence-corrected chi connectivity index (χ0v) is 14.1. The van der Waals surface area contributed by atoms with Gasteiger partial charge in [0, 0.05) is 25.7 Å². The lowest BCUT2D eigenvalue weighted by molar-refractivity contribution is -0.137. The molecule has 1 aromatic heterocycles. The van der Waals surface area contributed by atoms with Crippen molar-refractivity contribution in [2.75, 3.05) is 11.9 Å². The molecule has 0 unspecified atom stereocenters. The Hall–Kier alpha value is -2.64. The summed E-state index contributed by atoms with van der Waals surface area (Å²) in [5.41, 5.74) is 0.244. The highest BCUT2D eigenvalue weighted by molar-refractivity contribution is 5.93. The molecule has 8 heteroatoms. The fourth-order valence-corrected chi connectivity index (χ4v) is 2.17. The molecule has 0 aliphatic heterocycles. The lowest BCUT2D eigenvalue weighted by Gasteiger charge is -2.19. The maximum Gasteiger partial charge on any atom is 0.416 e. The maximum atomic E-state index is 12.6. The van der Waals surface area contributed by atoms with Crippen molar-refractivity contribution in [1.82, 2.24) is 15.3 Å². The molecule has 0 spiro atoms. The number of aromatic nitrogens is 2. The van der Waals surface area contributed by atoms with E-state index in [-0.39, 0.29) is 17.6 Å². The van der Waals surface area contributed by atoms with Gasteiger partial charge in [0.2, 0.25) is 0 Å². The van der Waals surface area contributed by atoms with Crippen LogP contribution >= 0.6 is 0 Å². The second kappa shape index (κ2) is 7.50. The van der Waals surface area contributed by atoms with Crippen molar-refractivity contribution in [3.8, 4) is 0 Å². The normalized spacial score (nSPS) is 11.5. The second-order valence-corrected chi connectivity index (χ2v) is 5.94. The third-order valence-electron chi connectivity index (χ3n) is 3.40. The van der Waals surface area contributed by atoms with Crippen LogP contribution in [0.5, 0.6) is 0 Å². The first-order chi connectivity index (χ1) is 11.7. The average Bonchev–Trinajstić information content (AvgIpc) is 2.54. The number of hydrogen-bond acceptors (Lipinski definition) is 4. The number of benzene rings is 1. The van der Waals surface area contributed by atoms with Crippen molar-refractivity contribution in [2.45, 2.75) is 32.6 Å². The SMILES string of the molecule is CC(C)NC(=O)c1cc(N(C)Cc2ccc(C(F)(F)F)cc2)ncn1. The van der Waals surface area contributed by atoms with Gasteiger partial charge >= 0.3 is 6.18 Å². The van der Waals surface area contributed by atoms with Gasteiger partial charge in [-0.15, -0.1) is 0 Å². The van der Waals surface area contributed by atoms with Crippen LogP contribution in [0.15, 0.2) is 36.7 Å². The van der Waals surface area contributed by atoms with Crippen molar-refractivity contribution in [3.05, 3.63) is 53.5 Å². The van der Waals surface area contributed by atoms with Crippen molar-refractivity contribution in [3.63, 3.8) is 0 Å². The zero-order chi connectivity index (χ0) is 18.6. The third-order valence-corrected chi connectivity index (χ3v) is 3.40. The predicted molar refractivity (Wildman–Crippen MR) is 88.2 cm³/mol. The molecule has 0 atom stereocenters. The van der Waals surface area contributed by atoms with Crippen LogP contribution < -0.4 is 10.2 Å². The lowest BCUT2D eigenvalue weighted by atomic mass is 10.1. The number of halogens is 3. The summed E-state index contributed by atoms with van der Waals surface area (Å²) in [6.07, 6.45) is -3.07. The summed E-state index contributed by atoms with van der Waals surface area (Å²) >= 11 is 0. The van der Waals surface area contributed by atoms with E-state index in [0.29, 0.717) is 17.9 Å². The third kappa shape index (κ3) is 5.17. The molecule has 1 amide bonds. The fourth-order valence-electron chi connectivity index (χ4n) is 2.17. The molecule has 1 heterocycles. The van der Waals surface area contributed by atoms with Gasteiger partial charge in [0.05, 0.1) is 5.56 Å². The number of anilines is 1. The fraction of sp³-hybridized carbons (Fsp3) is 0.353. The average molecular weight is 352 g/mol. The Morgan fingerprint density at radius 2 is 1.84 bits per heavy atom. The van der Waals surface area contributed by atoms with Crippen LogP contribution in [-0.2, 0) is 12.7 Å². The summed E-state index contributed by atoms with van der Waals surface area (Å²) in [5.74, 6) is 0.199. The van der Waals surface area contributed by atoms with Crippen LogP contribution in [0.2, 0.25) is 0 Å². The Kier molecular flexibility index (Phi) is 5.61. The summed E-state index contributed by atoms with van der Waals surface area (Å²) in [4.78, 5) is 21.8. The molecular formula is C17H19F3N4O. The number of carbonyl (C=O) groups excluding carboxylic acids is 1. The number of hydrogen-bond donors (Lipinski definition) is 1. The summed E-state index contributed by atoms with van der Waals surface area (Å²) in [5, 5.41) is 2.74. The Morgan fingerprint density at radius 3 is 2.40 bits per heavy atom. The molecule has 1 aromatic carbocycles. The van der Waals surface area contributed by atoms with Gasteiger partial charge in [-0.2, -0.15) is 13.2 Å². The standard InChI is InChI=1S/C17H19F3N4O/c1-11(2)23-16(25)14-8-15(22-10-21-14)24(3)9-12-4-6-13(7-5-12)17(18,19)20/h4-8,10-11H,9H2,1-3H3,(H,23,25). The maximum absolute atomic E-state index is 12.6. The van der Waals surface area contributed by atoms with E-state index in [4.69, 9.17) is 0 Å². The van der Waals surface area contributed by atoms with Crippen molar-refractivity contribution in [1.29, 1.82) is 0 Å². The number of nitrogens with zero attached hydrogens (tertiary/aromatic N) is 3. The van der Waals surface area contributed by atoms with E-state index in [1.165, 1.54) is 18.5 Å². The van der Waals surface area contributed by atoms with E-state index in [1.807, 2.05) is 13.8 Å². The van der Waals surface area contributed by atoms with Gasteiger partial charge in [-0.05, 0) is 31.5 Å². The first-order valence-electron chi connectivity index (χ1n) is 7.67. The van der Waals surface area contributed by atoms with Crippen LogP contribution in [0.25, 0.3) is 0 Å². The van der Waals surface area contributed by atoms with Gasteiger partial charge in [0.1, 0.15) is 17.8 Å². The van der Waals surface area contributed by atoms with Crippen molar-refractivity contribution < 1.29 is 18.0 Å². The molecular weight excluding hydrogens is 333 g/mol. The van der Waals surface area contributed by atoms with E-state index < -0.39 is 11.7 Å². The van der Waals surface area contributed by atoms with Gasteiger partial charge in [0.15, 0.2) is 0 Å². The van der Waals surface area contributed by atoms with Gasteiger partial charge in [-0.25, -0.2) is 9.97 Å². The van der Waals surface area contributed by atoms with E-state index in [0.717, 1.165) is 12.1 Å². The minimum Gasteiger partial charge on any atom is -0.355 e. The predicted octanol–water partition coefficient (Wildman–Crippen LogP) is 3.27. The summed E-state index contributed by atoms with van der Waals surface area (Å²) < 4.78 is 37.8. The largest absolute Gasteiger partial charge is 0.416 e. The minimum atomic E-state index is -4.35. The van der Waals surface area contributed by atoms with Gasteiger partial charge in [-0.1, -0.05) is 12.1 Å². The Balaban J connectivity index is 2.10. The molecule has 1 N–H and O–H groups in total. The van der Waals surface area contributed by atoms with Crippen LogP contribution in [0, 0.1) is 0 Å². The van der Waals surface area contributed by atoms with Crippen LogP contribution in [0.3, 0.4) is 0 Å². The summed E-state index contributed by atoms with van der Waals surface area (Å²) in [6, 6.07) is 6.47. The van der Waals surface area contributed by atoms with Crippen molar-refractivity contribution in [2.24, 2.45) is 0 Å². The molecule has 2 rings (SSSR count). The van der Waals surface area contributed by atoms with E-state index in [9.17, 15) is 18.0 Å². The molecule has 134 valence electrons. The molecule has 0 radical (unpaired) electrons. The molecule has 5 nitrogen and oxygen atoms in total. The van der Waals surface area contributed by atoms with Gasteiger partial charge in [0.25, 0.3) is 5.91 Å². The number of amides is 1. The summed E-state index contributed by atoms with van der Waals surface area (Å²) in [6.45, 7) is 4.04. The van der Waals surface area contributed by atoms with Crippen LogP contribution in [0.1, 0.15) is 35.5 Å². The monoisotopic (exact) mass is 352 g/mol. The first-order valence-corrected chi connectivity index (χ1v) is 7.67. The lowest BCUT2D eigenvalue weighted by Crippen LogP contribution is -2.31. The van der Waals surface area contributed by atoms with E-state index in [2.05, 4.69) is 15.3 Å². The van der Waals surface area contributed by atoms with Crippen LogP contribution in [-0.4, -0.2) is 29.0 Å². The Bertz CT molecular complexity index is 729. The van der Waals surface area contributed by atoms with E-state index in [1.54, 1.807) is 18.0 Å². The molecule has 0 aliphatic rings. The summed E-state index contributed by atoms with van der Waals surface area (Å²) in [7, 11) is 1.74. The molecule has 0 bridgehead atoms. The molecule has 0 saturated heterocycles. The molecule has 0 saturated carbocycles. The quantitative estimate of drug-likeness (QED) is 0.897. The topological polar surface area (TPSA) is 58.1 Å². The van der Waals surface area contributed by atoms with Gasteiger partial charge in [-0.3, -0.25) is 4.79 Å². The Labute approximate surface area is 143 Å². The van der Waals surface area contributed by atoms with Crippen molar-refractivity contribution >= 4 is 11.7 Å². The first kappa shape index (κ1) is 18.7. The smallest absolute Gasteiger partial charge is 0.355 e. The highest BCUT2D eigenvalue weighted by Gasteiger charge is 2.29. The van der Waals surface area contributed by atoms with Crippen LogP contribution in [0.4, 0.5) is 19.0 Å². The second-order valence-electron chi connectivity index (χ2n) is 5.94.